The Labute approximate surface area is 94.1 Å². The number of benzene rings is 1. The third-order valence-electron chi connectivity index (χ3n) is 1.79. The van der Waals surface area contributed by atoms with Crippen molar-refractivity contribution in [2.45, 2.75) is 12.7 Å². The number of aliphatic hydroxyl groups excluding tert-OH is 1. The molecule has 0 spiro atoms. The summed E-state index contributed by atoms with van der Waals surface area (Å²) < 4.78 is 9.87. The molecule has 0 heterocycles. The molecule has 4 heteroatoms. The van der Waals surface area contributed by atoms with Crippen molar-refractivity contribution in [3.8, 4) is 5.75 Å². The van der Waals surface area contributed by atoms with Crippen LogP contribution in [-0.2, 0) is 9.53 Å². The lowest BCUT2D eigenvalue weighted by atomic mass is 10.3. The van der Waals surface area contributed by atoms with Crippen molar-refractivity contribution in [2.75, 3.05) is 6.61 Å². The molecule has 1 atom stereocenters. The fraction of sp³-hybridized carbons (Fsp3) is 0.250. The number of carbonyl (C=O) groups is 1. The molecule has 4 nitrogen and oxygen atoms in total. The maximum atomic E-state index is 10.7. The highest BCUT2D eigenvalue weighted by Crippen LogP contribution is 2.11. The first-order valence-electron chi connectivity index (χ1n) is 4.91. The molecule has 0 saturated heterocycles. The number of hydrogen-bond acceptors (Lipinski definition) is 4. The second-order valence-electron chi connectivity index (χ2n) is 3.05. The zero-order chi connectivity index (χ0) is 11.8. The normalized spacial score (nSPS) is 11.6. The zero-order valence-corrected chi connectivity index (χ0v) is 8.83. The second kappa shape index (κ2) is 6.63. The van der Waals surface area contributed by atoms with Gasteiger partial charge < -0.3 is 14.6 Å². The van der Waals surface area contributed by atoms with Gasteiger partial charge in [-0.3, -0.25) is 0 Å². The predicted octanol–water partition coefficient (Wildman–Crippen LogP) is 1.50. The standard InChI is InChI=1S/C12H14O4/c1-2-11(13)15-9-8-12(14)16-10-6-4-3-5-7-10/h2-7,12,14H,1,8-9H2. The van der Waals surface area contributed by atoms with Crippen LogP contribution < -0.4 is 4.74 Å². The molecule has 0 saturated carbocycles. The van der Waals surface area contributed by atoms with Gasteiger partial charge in [0.05, 0.1) is 6.61 Å². The number of esters is 1. The molecule has 86 valence electrons. The van der Waals surface area contributed by atoms with E-state index in [1.165, 1.54) is 0 Å². The van der Waals surface area contributed by atoms with Crippen LogP contribution in [0.5, 0.6) is 5.75 Å². The smallest absolute Gasteiger partial charge is 0.330 e. The summed E-state index contributed by atoms with van der Waals surface area (Å²) in [6.45, 7) is 3.35. The van der Waals surface area contributed by atoms with E-state index in [1.807, 2.05) is 6.07 Å². The van der Waals surface area contributed by atoms with Crippen molar-refractivity contribution in [3.05, 3.63) is 43.0 Å². The van der Waals surface area contributed by atoms with Gasteiger partial charge in [0.25, 0.3) is 0 Å². The van der Waals surface area contributed by atoms with Crippen LogP contribution in [0.25, 0.3) is 0 Å². The molecular formula is C12H14O4. The summed E-state index contributed by atoms with van der Waals surface area (Å²) >= 11 is 0. The van der Waals surface area contributed by atoms with Crippen LogP contribution in [0.15, 0.2) is 43.0 Å². The molecule has 0 fully saturated rings. The number of carbonyl (C=O) groups excluding carboxylic acids is 1. The van der Waals surface area contributed by atoms with E-state index in [2.05, 4.69) is 6.58 Å². The summed E-state index contributed by atoms with van der Waals surface area (Å²) in [5.74, 6) is 0.0666. The van der Waals surface area contributed by atoms with Crippen molar-refractivity contribution < 1.29 is 19.4 Å². The number of hydrogen-bond donors (Lipinski definition) is 1. The molecule has 1 aromatic rings. The fourth-order valence-corrected chi connectivity index (χ4v) is 1.03. The first-order valence-corrected chi connectivity index (χ1v) is 4.91. The molecule has 0 amide bonds. The largest absolute Gasteiger partial charge is 0.465 e. The van der Waals surface area contributed by atoms with Crippen molar-refractivity contribution in [3.63, 3.8) is 0 Å². The summed E-state index contributed by atoms with van der Waals surface area (Å²) in [5, 5.41) is 9.45. The highest BCUT2D eigenvalue weighted by Gasteiger charge is 2.06. The van der Waals surface area contributed by atoms with Crippen LogP contribution >= 0.6 is 0 Å². The highest BCUT2D eigenvalue weighted by molar-refractivity contribution is 5.81. The maximum absolute atomic E-state index is 10.7. The Bertz CT molecular complexity index is 334. The van der Waals surface area contributed by atoms with Gasteiger partial charge in [0, 0.05) is 12.5 Å². The molecule has 0 aliphatic rings. The van der Waals surface area contributed by atoms with Gasteiger partial charge in [-0.25, -0.2) is 4.79 Å². The van der Waals surface area contributed by atoms with E-state index in [1.54, 1.807) is 24.3 Å². The predicted molar refractivity (Wildman–Crippen MR) is 58.8 cm³/mol. The van der Waals surface area contributed by atoms with Gasteiger partial charge in [-0.15, -0.1) is 0 Å². The zero-order valence-electron chi connectivity index (χ0n) is 8.83. The Kier molecular flexibility index (Phi) is 5.08. The molecule has 16 heavy (non-hydrogen) atoms. The number of para-hydroxylation sites is 1. The fourth-order valence-electron chi connectivity index (χ4n) is 1.03. The van der Waals surface area contributed by atoms with E-state index in [0.717, 1.165) is 6.08 Å². The quantitative estimate of drug-likeness (QED) is 0.450. The van der Waals surface area contributed by atoms with Gasteiger partial charge in [0.2, 0.25) is 6.29 Å². The average Bonchev–Trinajstić information content (AvgIpc) is 2.30. The third kappa shape index (κ3) is 4.61. The van der Waals surface area contributed by atoms with Crippen molar-refractivity contribution in [1.29, 1.82) is 0 Å². The van der Waals surface area contributed by atoms with E-state index >= 15 is 0 Å². The SMILES string of the molecule is C=CC(=O)OCCC(O)Oc1ccccc1. The van der Waals surface area contributed by atoms with Gasteiger partial charge >= 0.3 is 5.97 Å². The third-order valence-corrected chi connectivity index (χ3v) is 1.79. The van der Waals surface area contributed by atoms with Crippen LogP contribution in [0.1, 0.15) is 6.42 Å². The molecule has 0 radical (unpaired) electrons. The topological polar surface area (TPSA) is 55.8 Å². The summed E-state index contributed by atoms with van der Waals surface area (Å²) in [5.41, 5.74) is 0. The molecule has 1 N–H and O–H groups in total. The lowest BCUT2D eigenvalue weighted by Gasteiger charge is -2.12. The second-order valence-corrected chi connectivity index (χ2v) is 3.05. The Morgan fingerprint density at radius 3 is 2.75 bits per heavy atom. The minimum atomic E-state index is -0.986. The average molecular weight is 222 g/mol. The van der Waals surface area contributed by atoms with Crippen LogP contribution in [0.4, 0.5) is 0 Å². The minimum Gasteiger partial charge on any atom is -0.465 e. The van der Waals surface area contributed by atoms with Crippen molar-refractivity contribution >= 4 is 5.97 Å². The van der Waals surface area contributed by atoms with Crippen LogP contribution in [0.2, 0.25) is 0 Å². The van der Waals surface area contributed by atoms with E-state index in [0.29, 0.717) is 5.75 Å². The Morgan fingerprint density at radius 2 is 2.12 bits per heavy atom. The van der Waals surface area contributed by atoms with E-state index in [9.17, 15) is 9.90 Å². The molecular weight excluding hydrogens is 208 g/mol. The maximum Gasteiger partial charge on any atom is 0.330 e. The van der Waals surface area contributed by atoms with Crippen LogP contribution in [-0.4, -0.2) is 24.0 Å². The molecule has 1 aromatic carbocycles. The lowest BCUT2D eigenvalue weighted by Crippen LogP contribution is -2.18. The molecule has 1 unspecified atom stereocenters. The summed E-state index contributed by atoms with van der Waals surface area (Å²) in [6, 6.07) is 8.93. The van der Waals surface area contributed by atoms with Crippen molar-refractivity contribution in [1.82, 2.24) is 0 Å². The van der Waals surface area contributed by atoms with Gasteiger partial charge in [0.15, 0.2) is 0 Å². The monoisotopic (exact) mass is 222 g/mol. The Balaban J connectivity index is 2.23. The lowest BCUT2D eigenvalue weighted by molar-refractivity contribution is -0.139. The van der Waals surface area contributed by atoms with E-state index in [4.69, 9.17) is 9.47 Å². The summed E-state index contributed by atoms with van der Waals surface area (Å²) in [6.07, 6.45) is 0.304. The van der Waals surface area contributed by atoms with E-state index < -0.39 is 12.3 Å². The van der Waals surface area contributed by atoms with Crippen LogP contribution in [0.3, 0.4) is 0 Å². The molecule has 0 aliphatic heterocycles. The van der Waals surface area contributed by atoms with Crippen molar-refractivity contribution in [2.24, 2.45) is 0 Å². The number of aliphatic hydroxyl groups is 1. The van der Waals surface area contributed by atoms with Gasteiger partial charge in [-0.05, 0) is 12.1 Å². The summed E-state index contributed by atoms with van der Waals surface area (Å²) in [7, 11) is 0. The number of rotatable bonds is 6. The van der Waals surface area contributed by atoms with Gasteiger partial charge in [-0.1, -0.05) is 24.8 Å². The van der Waals surface area contributed by atoms with Gasteiger partial charge in [-0.2, -0.15) is 0 Å². The summed E-state index contributed by atoms with van der Waals surface area (Å²) in [4.78, 5) is 10.7. The molecule has 0 bridgehead atoms. The molecule has 1 rings (SSSR count). The molecule has 0 aromatic heterocycles. The Morgan fingerprint density at radius 1 is 1.44 bits per heavy atom. The van der Waals surface area contributed by atoms with E-state index in [-0.39, 0.29) is 13.0 Å². The first-order chi connectivity index (χ1) is 7.72. The minimum absolute atomic E-state index is 0.0961. The van der Waals surface area contributed by atoms with Crippen LogP contribution in [0, 0.1) is 0 Å². The first kappa shape index (κ1) is 12.3. The number of ether oxygens (including phenoxy) is 2. The Hall–Kier alpha value is -1.81. The molecule has 0 aliphatic carbocycles. The highest BCUT2D eigenvalue weighted by atomic mass is 16.6. The van der Waals surface area contributed by atoms with Gasteiger partial charge in [0.1, 0.15) is 5.75 Å².